The van der Waals surface area contributed by atoms with Gasteiger partial charge in [-0.1, -0.05) is 18.2 Å². The van der Waals surface area contributed by atoms with Gasteiger partial charge in [-0.15, -0.1) is 0 Å². The molecule has 0 amide bonds. The standard InChI is InChI=1S/C13H10N2O/c1-9-5-4-8-15-11-7-3-2-6-10(11)13(16)14-12(9)15/h2-8H,1H3. The van der Waals surface area contributed by atoms with E-state index in [2.05, 4.69) is 4.98 Å². The molecule has 3 nitrogen and oxygen atoms in total. The van der Waals surface area contributed by atoms with Gasteiger partial charge in [-0.3, -0.25) is 4.79 Å². The largest absolute Gasteiger partial charge is 0.301 e. The van der Waals surface area contributed by atoms with Crippen LogP contribution < -0.4 is 5.56 Å². The van der Waals surface area contributed by atoms with Crippen molar-refractivity contribution in [2.24, 2.45) is 0 Å². The van der Waals surface area contributed by atoms with Crippen molar-refractivity contribution in [2.75, 3.05) is 0 Å². The third kappa shape index (κ3) is 1.15. The molecule has 0 saturated heterocycles. The second kappa shape index (κ2) is 3.17. The van der Waals surface area contributed by atoms with Crippen LogP contribution in [0.3, 0.4) is 0 Å². The third-order valence-electron chi connectivity index (χ3n) is 2.76. The topological polar surface area (TPSA) is 34.4 Å². The first kappa shape index (κ1) is 9.09. The Kier molecular flexibility index (Phi) is 1.80. The minimum atomic E-state index is -0.162. The highest BCUT2D eigenvalue weighted by Gasteiger charge is 2.05. The number of hydrogen-bond acceptors (Lipinski definition) is 2. The van der Waals surface area contributed by atoms with Crippen molar-refractivity contribution in [3.8, 4) is 0 Å². The van der Waals surface area contributed by atoms with E-state index in [0.29, 0.717) is 5.39 Å². The van der Waals surface area contributed by atoms with Gasteiger partial charge in [-0.05, 0) is 30.7 Å². The Hall–Kier alpha value is -2.16. The van der Waals surface area contributed by atoms with Crippen molar-refractivity contribution >= 4 is 16.6 Å². The van der Waals surface area contributed by atoms with Crippen molar-refractivity contribution < 1.29 is 0 Å². The fraction of sp³-hybridized carbons (Fsp3) is 0.0769. The molecule has 78 valence electrons. The van der Waals surface area contributed by atoms with Crippen LogP contribution in [0, 0.1) is 6.92 Å². The molecule has 2 aromatic heterocycles. The van der Waals surface area contributed by atoms with Gasteiger partial charge in [0, 0.05) is 6.20 Å². The lowest BCUT2D eigenvalue weighted by Gasteiger charge is -2.06. The molecule has 1 aromatic carbocycles. The molecule has 0 atom stereocenters. The first-order chi connectivity index (χ1) is 7.77. The van der Waals surface area contributed by atoms with E-state index in [1.54, 1.807) is 6.07 Å². The van der Waals surface area contributed by atoms with Crippen LogP contribution in [0.15, 0.2) is 47.4 Å². The normalized spacial score (nSPS) is 11.1. The van der Waals surface area contributed by atoms with Crippen LogP contribution in [-0.2, 0) is 0 Å². The Balaban J connectivity index is 2.70. The van der Waals surface area contributed by atoms with Gasteiger partial charge in [0.1, 0.15) is 5.65 Å². The summed E-state index contributed by atoms with van der Waals surface area (Å²) in [5.41, 5.74) is 2.47. The zero-order valence-electron chi connectivity index (χ0n) is 8.84. The Morgan fingerprint density at radius 3 is 2.81 bits per heavy atom. The van der Waals surface area contributed by atoms with Crippen LogP contribution in [0.5, 0.6) is 0 Å². The van der Waals surface area contributed by atoms with E-state index in [9.17, 15) is 4.79 Å². The number of para-hydroxylation sites is 1. The lowest BCUT2D eigenvalue weighted by Crippen LogP contribution is -2.11. The van der Waals surface area contributed by atoms with Gasteiger partial charge in [-0.2, -0.15) is 4.98 Å². The van der Waals surface area contributed by atoms with E-state index < -0.39 is 0 Å². The van der Waals surface area contributed by atoms with Gasteiger partial charge in [0.25, 0.3) is 5.56 Å². The van der Waals surface area contributed by atoms with E-state index in [-0.39, 0.29) is 5.56 Å². The van der Waals surface area contributed by atoms with Crippen LogP contribution in [0.2, 0.25) is 0 Å². The van der Waals surface area contributed by atoms with Gasteiger partial charge >= 0.3 is 0 Å². The summed E-state index contributed by atoms with van der Waals surface area (Å²) in [5.74, 6) is 0. The first-order valence-electron chi connectivity index (χ1n) is 5.14. The molecule has 0 aliphatic rings. The molecule has 3 heteroatoms. The van der Waals surface area contributed by atoms with Gasteiger partial charge in [0.15, 0.2) is 0 Å². The summed E-state index contributed by atoms with van der Waals surface area (Å²) < 4.78 is 1.95. The van der Waals surface area contributed by atoms with Crippen LogP contribution in [0.1, 0.15) is 5.56 Å². The van der Waals surface area contributed by atoms with E-state index >= 15 is 0 Å². The Labute approximate surface area is 92.0 Å². The summed E-state index contributed by atoms with van der Waals surface area (Å²) >= 11 is 0. The maximum Gasteiger partial charge on any atom is 0.281 e. The second-order valence-corrected chi connectivity index (χ2v) is 3.82. The van der Waals surface area contributed by atoms with Crippen molar-refractivity contribution in [1.82, 2.24) is 9.38 Å². The highest BCUT2D eigenvalue weighted by molar-refractivity contribution is 5.80. The van der Waals surface area contributed by atoms with Gasteiger partial charge in [-0.25, -0.2) is 0 Å². The maximum atomic E-state index is 11.8. The van der Waals surface area contributed by atoms with Gasteiger partial charge < -0.3 is 4.40 Å². The number of pyridine rings is 1. The number of aryl methyl sites for hydroxylation is 1. The van der Waals surface area contributed by atoms with E-state index in [1.807, 2.05) is 47.9 Å². The molecule has 0 spiro atoms. The van der Waals surface area contributed by atoms with Crippen LogP contribution in [0.25, 0.3) is 16.6 Å². The Morgan fingerprint density at radius 2 is 1.94 bits per heavy atom. The zero-order chi connectivity index (χ0) is 11.1. The molecule has 3 rings (SSSR count). The molecule has 0 saturated carbocycles. The number of nitrogens with zero attached hydrogens (tertiary/aromatic N) is 2. The monoisotopic (exact) mass is 210 g/mol. The minimum absolute atomic E-state index is 0.162. The average molecular weight is 210 g/mol. The average Bonchev–Trinajstić information content (AvgIpc) is 2.31. The molecule has 2 heterocycles. The highest BCUT2D eigenvalue weighted by Crippen LogP contribution is 2.13. The molecule has 16 heavy (non-hydrogen) atoms. The number of rotatable bonds is 0. The number of hydrogen-bond donors (Lipinski definition) is 0. The molecular weight excluding hydrogens is 200 g/mol. The molecule has 0 N–H and O–H groups in total. The third-order valence-corrected chi connectivity index (χ3v) is 2.76. The van der Waals surface area contributed by atoms with Crippen LogP contribution in [-0.4, -0.2) is 9.38 Å². The molecule has 0 aliphatic carbocycles. The number of benzene rings is 1. The molecule has 3 aromatic rings. The summed E-state index contributed by atoms with van der Waals surface area (Å²) in [7, 11) is 0. The quantitative estimate of drug-likeness (QED) is 0.533. The Bertz CT molecular complexity index is 744. The van der Waals surface area contributed by atoms with E-state index in [0.717, 1.165) is 16.7 Å². The number of aromatic nitrogens is 2. The molecular formula is C13H10N2O. The predicted octanol–water partition coefficient (Wildman–Crippen LogP) is 2.16. The fourth-order valence-electron chi connectivity index (χ4n) is 1.97. The smallest absolute Gasteiger partial charge is 0.281 e. The van der Waals surface area contributed by atoms with Crippen LogP contribution in [0.4, 0.5) is 0 Å². The molecule has 0 aliphatic heterocycles. The number of fused-ring (bicyclic) bond motifs is 3. The van der Waals surface area contributed by atoms with E-state index in [4.69, 9.17) is 0 Å². The second-order valence-electron chi connectivity index (χ2n) is 3.82. The van der Waals surface area contributed by atoms with Crippen molar-refractivity contribution in [1.29, 1.82) is 0 Å². The van der Waals surface area contributed by atoms with E-state index in [1.165, 1.54) is 0 Å². The molecule has 0 unspecified atom stereocenters. The minimum Gasteiger partial charge on any atom is -0.301 e. The first-order valence-corrected chi connectivity index (χ1v) is 5.14. The molecule has 0 radical (unpaired) electrons. The molecule has 0 bridgehead atoms. The highest BCUT2D eigenvalue weighted by atomic mass is 16.1. The summed E-state index contributed by atoms with van der Waals surface area (Å²) in [6.07, 6.45) is 1.93. The van der Waals surface area contributed by atoms with Crippen molar-refractivity contribution in [3.63, 3.8) is 0 Å². The van der Waals surface area contributed by atoms with Crippen LogP contribution >= 0.6 is 0 Å². The van der Waals surface area contributed by atoms with Gasteiger partial charge in [0.05, 0.1) is 10.9 Å². The SMILES string of the molecule is Cc1cccn2c1nc(=O)c1ccccc12. The van der Waals surface area contributed by atoms with Crippen molar-refractivity contribution in [3.05, 3.63) is 58.5 Å². The summed E-state index contributed by atoms with van der Waals surface area (Å²) in [6.45, 7) is 1.95. The maximum absolute atomic E-state index is 11.8. The lowest BCUT2D eigenvalue weighted by atomic mass is 10.2. The zero-order valence-corrected chi connectivity index (χ0v) is 8.84. The fourth-order valence-corrected chi connectivity index (χ4v) is 1.97. The Morgan fingerprint density at radius 1 is 1.12 bits per heavy atom. The van der Waals surface area contributed by atoms with Gasteiger partial charge in [0.2, 0.25) is 0 Å². The van der Waals surface area contributed by atoms with Crippen molar-refractivity contribution in [2.45, 2.75) is 6.92 Å². The molecule has 0 fully saturated rings. The summed E-state index contributed by atoms with van der Waals surface area (Å²) in [4.78, 5) is 15.9. The lowest BCUT2D eigenvalue weighted by molar-refractivity contribution is 1.11. The summed E-state index contributed by atoms with van der Waals surface area (Å²) in [5, 5.41) is 0.658. The predicted molar refractivity (Wildman–Crippen MR) is 63.7 cm³/mol. The summed E-state index contributed by atoms with van der Waals surface area (Å²) in [6, 6.07) is 11.4.